The van der Waals surface area contributed by atoms with Gasteiger partial charge in [0.2, 0.25) is 5.91 Å². The molecule has 0 atom stereocenters. The lowest BCUT2D eigenvalue weighted by molar-refractivity contribution is -0.118. The topological polar surface area (TPSA) is 55.6 Å². The molecular formula is C21H26N2O2. The van der Waals surface area contributed by atoms with Crippen LogP contribution in [0.25, 0.3) is 0 Å². The smallest absolute Gasteiger partial charge is 0.227 e. The van der Waals surface area contributed by atoms with Crippen molar-refractivity contribution in [1.29, 1.82) is 0 Å². The fraction of sp³-hybridized carbons (Fsp3) is 0.381. The number of ether oxygens (including phenoxy) is 1. The number of nitrogen functional groups attached to an aromatic ring is 1. The molecule has 1 amide bonds. The first-order valence-corrected chi connectivity index (χ1v) is 9.08. The van der Waals surface area contributed by atoms with E-state index in [1.54, 1.807) is 0 Å². The minimum Gasteiger partial charge on any atom is -0.494 e. The molecule has 0 saturated carbocycles. The van der Waals surface area contributed by atoms with Gasteiger partial charge < -0.3 is 15.4 Å². The third kappa shape index (κ3) is 4.13. The molecule has 0 saturated heterocycles. The van der Waals surface area contributed by atoms with E-state index in [-0.39, 0.29) is 5.91 Å². The van der Waals surface area contributed by atoms with Crippen LogP contribution in [0.3, 0.4) is 0 Å². The molecule has 0 spiro atoms. The SMILES string of the molecule is CCCOc1ccc(CCC(=O)N2CCCc3c(N)cccc32)cc1. The highest BCUT2D eigenvalue weighted by atomic mass is 16.5. The molecule has 1 aliphatic rings. The van der Waals surface area contributed by atoms with Crippen LogP contribution in [0.1, 0.15) is 37.3 Å². The predicted molar refractivity (Wildman–Crippen MR) is 102 cm³/mol. The second-order valence-electron chi connectivity index (χ2n) is 6.49. The van der Waals surface area contributed by atoms with Gasteiger partial charge in [-0.15, -0.1) is 0 Å². The Morgan fingerprint density at radius 3 is 2.76 bits per heavy atom. The number of aryl methyl sites for hydroxylation is 1. The van der Waals surface area contributed by atoms with Gasteiger partial charge in [-0.2, -0.15) is 0 Å². The number of nitrogens with two attached hydrogens (primary N) is 1. The van der Waals surface area contributed by atoms with E-state index in [0.717, 1.165) is 67.1 Å². The minimum atomic E-state index is 0.165. The van der Waals surface area contributed by atoms with E-state index in [9.17, 15) is 4.79 Å². The highest BCUT2D eigenvalue weighted by molar-refractivity contribution is 5.95. The highest BCUT2D eigenvalue weighted by Gasteiger charge is 2.23. The van der Waals surface area contributed by atoms with Crippen molar-refractivity contribution >= 4 is 17.3 Å². The van der Waals surface area contributed by atoms with Crippen LogP contribution < -0.4 is 15.4 Å². The number of carbonyl (C=O) groups excluding carboxylic acids is 1. The number of anilines is 2. The maximum atomic E-state index is 12.7. The maximum absolute atomic E-state index is 12.7. The van der Waals surface area contributed by atoms with Crippen molar-refractivity contribution in [2.75, 3.05) is 23.8 Å². The van der Waals surface area contributed by atoms with Crippen molar-refractivity contribution < 1.29 is 9.53 Å². The zero-order chi connectivity index (χ0) is 17.6. The summed E-state index contributed by atoms with van der Waals surface area (Å²) in [6.45, 7) is 3.60. The molecule has 0 fully saturated rings. The maximum Gasteiger partial charge on any atom is 0.227 e. The summed E-state index contributed by atoms with van der Waals surface area (Å²) in [5, 5.41) is 0. The van der Waals surface area contributed by atoms with Crippen LogP contribution in [0, 0.1) is 0 Å². The summed E-state index contributed by atoms with van der Waals surface area (Å²) in [6.07, 6.45) is 4.16. The second-order valence-corrected chi connectivity index (χ2v) is 6.49. The zero-order valence-corrected chi connectivity index (χ0v) is 14.8. The summed E-state index contributed by atoms with van der Waals surface area (Å²) in [6, 6.07) is 13.9. The van der Waals surface area contributed by atoms with Crippen LogP contribution in [0.2, 0.25) is 0 Å². The van der Waals surface area contributed by atoms with Crippen molar-refractivity contribution in [2.24, 2.45) is 0 Å². The fourth-order valence-corrected chi connectivity index (χ4v) is 3.27. The summed E-state index contributed by atoms with van der Waals surface area (Å²) in [4.78, 5) is 14.6. The standard InChI is InChI=1S/C21H26N2O2/c1-2-15-25-17-11-8-16(9-12-17)10-13-21(24)23-14-4-5-18-19(22)6-3-7-20(18)23/h3,6-9,11-12H,2,4-5,10,13-15,22H2,1H3. The Hall–Kier alpha value is -2.49. The molecule has 0 aromatic heterocycles. The van der Waals surface area contributed by atoms with Gasteiger partial charge in [-0.05, 0) is 61.1 Å². The molecule has 0 aliphatic carbocycles. The second kappa shape index (κ2) is 8.06. The zero-order valence-electron chi connectivity index (χ0n) is 14.8. The molecule has 4 nitrogen and oxygen atoms in total. The summed E-state index contributed by atoms with van der Waals surface area (Å²) in [7, 11) is 0. The summed E-state index contributed by atoms with van der Waals surface area (Å²) >= 11 is 0. The molecule has 1 aliphatic heterocycles. The van der Waals surface area contributed by atoms with Crippen LogP contribution in [-0.4, -0.2) is 19.1 Å². The Labute approximate surface area is 149 Å². The van der Waals surface area contributed by atoms with Crippen LogP contribution in [-0.2, 0) is 17.6 Å². The van der Waals surface area contributed by atoms with Gasteiger partial charge in [-0.25, -0.2) is 0 Å². The molecule has 0 bridgehead atoms. The Morgan fingerprint density at radius 1 is 1.20 bits per heavy atom. The van der Waals surface area contributed by atoms with Crippen LogP contribution in [0.15, 0.2) is 42.5 Å². The normalized spacial score (nSPS) is 13.4. The van der Waals surface area contributed by atoms with E-state index in [4.69, 9.17) is 10.5 Å². The van der Waals surface area contributed by atoms with Gasteiger partial charge in [0.25, 0.3) is 0 Å². The lowest BCUT2D eigenvalue weighted by Crippen LogP contribution is -2.35. The molecule has 25 heavy (non-hydrogen) atoms. The Morgan fingerprint density at radius 2 is 2.00 bits per heavy atom. The van der Waals surface area contributed by atoms with Crippen molar-refractivity contribution in [3.8, 4) is 5.75 Å². The third-order valence-electron chi connectivity index (χ3n) is 4.61. The first-order valence-electron chi connectivity index (χ1n) is 9.08. The number of rotatable bonds is 6. The first-order chi connectivity index (χ1) is 12.2. The Bertz CT molecular complexity index is 725. The van der Waals surface area contributed by atoms with Crippen molar-refractivity contribution in [3.05, 3.63) is 53.6 Å². The van der Waals surface area contributed by atoms with E-state index in [0.29, 0.717) is 6.42 Å². The molecule has 132 valence electrons. The van der Waals surface area contributed by atoms with E-state index in [2.05, 4.69) is 6.92 Å². The molecule has 2 N–H and O–H groups in total. The molecule has 1 heterocycles. The van der Waals surface area contributed by atoms with Gasteiger partial charge in [-0.1, -0.05) is 25.1 Å². The fourth-order valence-electron chi connectivity index (χ4n) is 3.27. The van der Waals surface area contributed by atoms with Crippen LogP contribution in [0.4, 0.5) is 11.4 Å². The number of benzene rings is 2. The monoisotopic (exact) mass is 338 g/mol. The molecule has 2 aromatic rings. The molecule has 2 aromatic carbocycles. The van der Waals surface area contributed by atoms with E-state index >= 15 is 0 Å². The van der Waals surface area contributed by atoms with Crippen molar-refractivity contribution in [1.82, 2.24) is 0 Å². The number of amides is 1. The van der Waals surface area contributed by atoms with Gasteiger partial charge in [0.15, 0.2) is 0 Å². The quantitative estimate of drug-likeness (QED) is 0.811. The molecule has 0 radical (unpaired) electrons. The lowest BCUT2D eigenvalue weighted by atomic mass is 9.99. The molecule has 4 heteroatoms. The van der Waals surface area contributed by atoms with Gasteiger partial charge in [0.1, 0.15) is 5.75 Å². The number of hydrogen-bond acceptors (Lipinski definition) is 3. The average Bonchev–Trinajstić information content (AvgIpc) is 2.65. The minimum absolute atomic E-state index is 0.165. The molecule has 0 unspecified atom stereocenters. The lowest BCUT2D eigenvalue weighted by Gasteiger charge is -2.30. The van der Waals surface area contributed by atoms with Crippen molar-refractivity contribution in [2.45, 2.75) is 39.0 Å². The number of carbonyl (C=O) groups is 1. The average molecular weight is 338 g/mol. The van der Waals surface area contributed by atoms with Gasteiger partial charge in [0, 0.05) is 24.3 Å². The Balaban J connectivity index is 1.61. The summed E-state index contributed by atoms with van der Waals surface area (Å²) in [5.74, 6) is 1.05. The van der Waals surface area contributed by atoms with Gasteiger partial charge >= 0.3 is 0 Å². The van der Waals surface area contributed by atoms with Gasteiger partial charge in [-0.3, -0.25) is 4.79 Å². The van der Waals surface area contributed by atoms with Crippen LogP contribution >= 0.6 is 0 Å². The largest absolute Gasteiger partial charge is 0.494 e. The summed E-state index contributed by atoms with van der Waals surface area (Å²) in [5.41, 5.74) is 10.1. The number of fused-ring (bicyclic) bond motifs is 1. The number of nitrogens with zero attached hydrogens (tertiary/aromatic N) is 1. The number of hydrogen-bond donors (Lipinski definition) is 1. The van der Waals surface area contributed by atoms with Crippen molar-refractivity contribution in [3.63, 3.8) is 0 Å². The molecule has 3 rings (SSSR count). The molecular weight excluding hydrogens is 312 g/mol. The van der Waals surface area contributed by atoms with E-state index in [1.165, 1.54) is 0 Å². The highest BCUT2D eigenvalue weighted by Crippen LogP contribution is 2.31. The van der Waals surface area contributed by atoms with E-state index < -0.39 is 0 Å². The predicted octanol–water partition coefficient (Wildman–Crippen LogP) is 3.97. The van der Waals surface area contributed by atoms with E-state index in [1.807, 2.05) is 47.4 Å². The first kappa shape index (κ1) is 17.3. The van der Waals surface area contributed by atoms with Crippen LogP contribution in [0.5, 0.6) is 5.75 Å². The summed E-state index contributed by atoms with van der Waals surface area (Å²) < 4.78 is 5.59. The van der Waals surface area contributed by atoms with Gasteiger partial charge in [0.05, 0.1) is 6.61 Å². The third-order valence-corrected chi connectivity index (χ3v) is 4.61. The Kier molecular flexibility index (Phi) is 5.59.